The summed E-state index contributed by atoms with van der Waals surface area (Å²) in [5.41, 5.74) is 1.88. The standard InChI is InChI=1S/C26H27FN4O2/c1-33-24-14-8-7-13-23(24)28-26(29-25(32)20-9-3-2-4-10-20)31-17-15-30(16-18-31)19-21-11-5-6-12-22(21)27/h2-14H,15-19H2,1H3,(H,28,29,32). The van der Waals surface area contributed by atoms with Gasteiger partial charge in [0.2, 0.25) is 5.96 Å². The van der Waals surface area contributed by atoms with Crippen molar-refractivity contribution < 1.29 is 13.9 Å². The molecule has 1 N–H and O–H groups in total. The van der Waals surface area contributed by atoms with Crippen LogP contribution in [0.2, 0.25) is 0 Å². The minimum atomic E-state index is -0.224. The van der Waals surface area contributed by atoms with E-state index in [0.717, 1.165) is 13.1 Å². The van der Waals surface area contributed by atoms with Gasteiger partial charge in [0.15, 0.2) is 0 Å². The highest BCUT2D eigenvalue weighted by atomic mass is 19.1. The molecular formula is C26H27FN4O2. The topological polar surface area (TPSA) is 57.2 Å². The molecule has 1 saturated heterocycles. The van der Waals surface area contributed by atoms with Crippen molar-refractivity contribution in [2.45, 2.75) is 6.54 Å². The molecule has 0 atom stereocenters. The van der Waals surface area contributed by atoms with Crippen molar-refractivity contribution in [1.82, 2.24) is 15.1 Å². The van der Waals surface area contributed by atoms with E-state index in [2.05, 4.69) is 10.2 Å². The first kappa shape index (κ1) is 22.5. The van der Waals surface area contributed by atoms with Gasteiger partial charge in [-0.15, -0.1) is 0 Å². The molecule has 0 spiro atoms. The van der Waals surface area contributed by atoms with E-state index in [1.54, 1.807) is 25.3 Å². The van der Waals surface area contributed by atoms with Gasteiger partial charge in [0.05, 0.1) is 7.11 Å². The van der Waals surface area contributed by atoms with Crippen LogP contribution in [0.3, 0.4) is 0 Å². The fourth-order valence-corrected chi connectivity index (χ4v) is 3.76. The maximum atomic E-state index is 14.1. The summed E-state index contributed by atoms with van der Waals surface area (Å²) in [4.78, 5) is 21.9. The van der Waals surface area contributed by atoms with Crippen LogP contribution in [0.1, 0.15) is 15.9 Å². The van der Waals surface area contributed by atoms with Crippen LogP contribution >= 0.6 is 0 Å². The summed E-state index contributed by atoms with van der Waals surface area (Å²) >= 11 is 0. The lowest BCUT2D eigenvalue weighted by Crippen LogP contribution is -2.53. The molecule has 3 aromatic carbocycles. The molecule has 4 rings (SSSR count). The van der Waals surface area contributed by atoms with E-state index in [4.69, 9.17) is 9.73 Å². The second-order valence-electron chi connectivity index (χ2n) is 7.78. The highest BCUT2D eigenvalue weighted by molar-refractivity contribution is 6.06. The monoisotopic (exact) mass is 446 g/mol. The van der Waals surface area contributed by atoms with Crippen LogP contribution < -0.4 is 10.1 Å². The molecule has 6 nitrogen and oxygen atoms in total. The number of rotatable bonds is 5. The van der Waals surface area contributed by atoms with Crippen LogP contribution in [0.25, 0.3) is 0 Å². The average molecular weight is 447 g/mol. The highest BCUT2D eigenvalue weighted by Crippen LogP contribution is 2.27. The Morgan fingerprint density at radius 1 is 0.939 bits per heavy atom. The third-order valence-corrected chi connectivity index (χ3v) is 5.60. The zero-order valence-corrected chi connectivity index (χ0v) is 18.6. The fourth-order valence-electron chi connectivity index (χ4n) is 3.76. The SMILES string of the molecule is COc1ccccc1N=C(NC(=O)c1ccccc1)N1CCN(Cc2ccccc2F)CC1. The number of methoxy groups -OCH3 is 1. The smallest absolute Gasteiger partial charge is 0.257 e. The number of aliphatic imine (C=N–C) groups is 1. The Bertz CT molecular complexity index is 1110. The van der Waals surface area contributed by atoms with E-state index in [1.165, 1.54) is 6.07 Å². The Kier molecular flexibility index (Phi) is 7.32. The van der Waals surface area contributed by atoms with Crippen LogP contribution in [0, 0.1) is 5.82 Å². The Labute approximate surface area is 193 Å². The number of guanidine groups is 1. The van der Waals surface area contributed by atoms with Crippen molar-refractivity contribution in [2.75, 3.05) is 33.3 Å². The largest absolute Gasteiger partial charge is 0.494 e. The third kappa shape index (κ3) is 5.75. The lowest BCUT2D eigenvalue weighted by molar-refractivity contribution is 0.0967. The molecule has 0 bridgehead atoms. The molecule has 0 aromatic heterocycles. The fraction of sp³-hybridized carbons (Fsp3) is 0.231. The summed E-state index contributed by atoms with van der Waals surface area (Å²) in [6.07, 6.45) is 0. The van der Waals surface area contributed by atoms with Crippen LogP contribution in [0.15, 0.2) is 83.9 Å². The quantitative estimate of drug-likeness (QED) is 0.474. The Hall–Kier alpha value is -3.71. The summed E-state index contributed by atoms with van der Waals surface area (Å²) in [7, 11) is 1.60. The number of carbonyl (C=O) groups is 1. The van der Waals surface area contributed by atoms with Crippen LogP contribution in [0.4, 0.5) is 10.1 Å². The lowest BCUT2D eigenvalue weighted by Gasteiger charge is -2.36. The van der Waals surface area contributed by atoms with E-state index in [1.807, 2.05) is 59.5 Å². The van der Waals surface area contributed by atoms with Crippen molar-refractivity contribution in [3.8, 4) is 5.75 Å². The molecule has 7 heteroatoms. The Morgan fingerprint density at radius 2 is 1.61 bits per heavy atom. The predicted octanol–water partition coefficient (Wildman–Crippen LogP) is 4.07. The maximum Gasteiger partial charge on any atom is 0.257 e. The van der Waals surface area contributed by atoms with Gasteiger partial charge in [-0.25, -0.2) is 9.38 Å². The molecule has 33 heavy (non-hydrogen) atoms. The normalized spacial score (nSPS) is 14.7. The number of amides is 1. The van der Waals surface area contributed by atoms with E-state index in [9.17, 15) is 9.18 Å². The summed E-state index contributed by atoms with van der Waals surface area (Å²) in [5, 5.41) is 2.98. The first-order chi connectivity index (χ1) is 16.1. The van der Waals surface area contributed by atoms with Gasteiger partial charge in [-0.2, -0.15) is 0 Å². The van der Waals surface area contributed by atoms with Crippen LogP contribution in [-0.4, -0.2) is 55.0 Å². The minimum absolute atomic E-state index is 0.187. The number of para-hydroxylation sites is 2. The van der Waals surface area contributed by atoms with Gasteiger partial charge in [0, 0.05) is 43.9 Å². The van der Waals surface area contributed by atoms with Gasteiger partial charge in [-0.3, -0.25) is 15.0 Å². The van der Waals surface area contributed by atoms with Crippen molar-refractivity contribution in [2.24, 2.45) is 4.99 Å². The number of ether oxygens (including phenoxy) is 1. The van der Waals surface area contributed by atoms with E-state index in [0.29, 0.717) is 48.2 Å². The molecule has 170 valence electrons. The zero-order chi connectivity index (χ0) is 23.0. The molecule has 0 unspecified atom stereocenters. The number of nitrogens with one attached hydrogen (secondary N) is 1. The second kappa shape index (κ2) is 10.7. The predicted molar refractivity (Wildman–Crippen MR) is 127 cm³/mol. The number of nitrogens with zero attached hydrogens (tertiary/aromatic N) is 3. The number of hydrogen-bond acceptors (Lipinski definition) is 4. The van der Waals surface area contributed by atoms with Gasteiger partial charge in [-0.1, -0.05) is 48.5 Å². The Morgan fingerprint density at radius 3 is 2.33 bits per heavy atom. The van der Waals surface area contributed by atoms with Gasteiger partial charge in [0.25, 0.3) is 5.91 Å². The minimum Gasteiger partial charge on any atom is -0.494 e. The van der Waals surface area contributed by atoms with E-state index in [-0.39, 0.29) is 11.7 Å². The van der Waals surface area contributed by atoms with Crippen LogP contribution in [-0.2, 0) is 6.54 Å². The molecule has 1 aliphatic heterocycles. The van der Waals surface area contributed by atoms with Gasteiger partial charge >= 0.3 is 0 Å². The molecule has 1 fully saturated rings. The van der Waals surface area contributed by atoms with Crippen LogP contribution in [0.5, 0.6) is 5.75 Å². The first-order valence-corrected chi connectivity index (χ1v) is 10.9. The van der Waals surface area contributed by atoms with E-state index >= 15 is 0 Å². The molecule has 1 amide bonds. The highest BCUT2D eigenvalue weighted by Gasteiger charge is 2.23. The maximum absolute atomic E-state index is 14.1. The molecule has 3 aromatic rings. The number of halogens is 1. The zero-order valence-electron chi connectivity index (χ0n) is 18.6. The summed E-state index contributed by atoms with van der Waals surface area (Å²) in [6.45, 7) is 3.30. The van der Waals surface area contributed by atoms with Crippen molar-refractivity contribution in [3.05, 3.63) is 95.8 Å². The number of hydrogen-bond donors (Lipinski definition) is 1. The average Bonchev–Trinajstić information content (AvgIpc) is 2.86. The van der Waals surface area contributed by atoms with Crippen molar-refractivity contribution in [3.63, 3.8) is 0 Å². The van der Waals surface area contributed by atoms with E-state index < -0.39 is 0 Å². The summed E-state index contributed by atoms with van der Waals surface area (Å²) < 4.78 is 19.5. The first-order valence-electron chi connectivity index (χ1n) is 10.9. The molecular weight excluding hydrogens is 419 g/mol. The third-order valence-electron chi connectivity index (χ3n) is 5.60. The number of carbonyl (C=O) groups excluding carboxylic acids is 1. The summed E-state index contributed by atoms with van der Waals surface area (Å²) in [5.74, 6) is 0.688. The lowest BCUT2D eigenvalue weighted by atomic mass is 10.2. The number of benzene rings is 3. The van der Waals surface area contributed by atoms with Gasteiger partial charge in [-0.05, 0) is 30.3 Å². The van der Waals surface area contributed by atoms with Crippen molar-refractivity contribution in [1.29, 1.82) is 0 Å². The van der Waals surface area contributed by atoms with Gasteiger partial charge in [0.1, 0.15) is 17.3 Å². The molecule has 0 aliphatic carbocycles. The molecule has 0 radical (unpaired) electrons. The molecule has 0 saturated carbocycles. The molecule has 1 aliphatic rings. The molecule has 1 heterocycles. The van der Waals surface area contributed by atoms with Gasteiger partial charge < -0.3 is 9.64 Å². The summed E-state index contributed by atoms with van der Waals surface area (Å²) in [6, 6.07) is 23.4. The Balaban J connectivity index is 1.52. The van der Waals surface area contributed by atoms with Crippen molar-refractivity contribution >= 4 is 17.6 Å². The number of piperazine rings is 1. The second-order valence-corrected chi connectivity index (χ2v) is 7.78.